The van der Waals surface area contributed by atoms with E-state index in [1.54, 1.807) is 24.3 Å². The van der Waals surface area contributed by atoms with Crippen LogP contribution in [-0.2, 0) is 10.0 Å². The Morgan fingerprint density at radius 2 is 1.80 bits per heavy atom. The number of halogens is 1. The molecule has 3 N–H and O–H groups in total. The van der Waals surface area contributed by atoms with E-state index in [0.717, 1.165) is 11.0 Å². The summed E-state index contributed by atoms with van der Waals surface area (Å²) in [5, 5.41) is 1.75. The average molecular weight is 317 g/mol. The summed E-state index contributed by atoms with van der Waals surface area (Å²) in [5.41, 5.74) is 6.33. The van der Waals surface area contributed by atoms with E-state index in [1.807, 2.05) is 13.8 Å². The van der Waals surface area contributed by atoms with Gasteiger partial charge in [-0.15, -0.1) is 0 Å². The molecule has 0 bridgehead atoms. The fourth-order valence-electron chi connectivity index (χ4n) is 1.53. The van der Waals surface area contributed by atoms with Crippen LogP contribution >= 0.6 is 11.6 Å². The summed E-state index contributed by atoms with van der Waals surface area (Å²) in [6, 6.07) is 6.92. The molecule has 0 saturated carbocycles. The largest absolute Gasteiger partial charge is 0.324 e. The average Bonchev–Trinajstić information content (AvgIpc) is 2.44. The van der Waals surface area contributed by atoms with Crippen molar-refractivity contribution in [3.8, 4) is 0 Å². The van der Waals surface area contributed by atoms with Gasteiger partial charge in [-0.05, 0) is 36.6 Å². The third kappa shape index (κ3) is 5.63. The van der Waals surface area contributed by atoms with Crippen LogP contribution in [0.2, 0.25) is 5.02 Å². The van der Waals surface area contributed by atoms with Crippen molar-refractivity contribution in [3.63, 3.8) is 0 Å². The molecule has 0 amide bonds. The van der Waals surface area contributed by atoms with Crippen LogP contribution in [0.4, 0.5) is 0 Å². The number of nitrogens with one attached hydrogen (secondary N) is 1. The van der Waals surface area contributed by atoms with Gasteiger partial charge in [0.25, 0.3) is 0 Å². The van der Waals surface area contributed by atoms with Crippen LogP contribution in [0.15, 0.2) is 29.7 Å². The summed E-state index contributed by atoms with van der Waals surface area (Å²) in [5.74, 6) is 0. The van der Waals surface area contributed by atoms with Crippen molar-refractivity contribution in [3.05, 3.63) is 40.3 Å². The molecule has 0 radical (unpaired) electrons. The maximum Gasteiger partial charge on any atom is 0.233 e. The molecule has 0 unspecified atom stereocenters. The second kappa shape index (κ2) is 7.22. The minimum absolute atomic E-state index is 0.229. The van der Waals surface area contributed by atoms with Crippen molar-refractivity contribution >= 4 is 27.7 Å². The first-order chi connectivity index (χ1) is 9.30. The maximum atomic E-state index is 11.9. The number of rotatable bonds is 7. The monoisotopic (exact) mass is 316 g/mol. The number of benzene rings is 1. The van der Waals surface area contributed by atoms with Crippen molar-refractivity contribution < 1.29 is 8.42 Å². The molecule has 0 saturated heterocycles. The molecule has 0 aliphatic carbocycles. The molecule has 0 atom stereocenters. The van der Waals surface area contributed by atoms with E-state index in [-0.39, 0.29) is 6.54 Å². The van der Waals surface area contributed by atoms with Gasteiger partial charge in [-0.3, -0.25) is 0 Å². The van der Waals surface area contributed by atoms with Gasteiger partial charge in [0.15, 0.2) is 0 Å². The Hall–Kier alpha value is -0.880. The molecule has 0 fully saturated rings. The van der Waals surface area contributed by atoms with Crippen molar-refractivity contribution in [2.24, 2.45) is 5.73 Å². The van der Waals surface area contributed by atoms with Crippen LogP contribution in [0.3, 0.4) is 0 Å². The Bertz CT molecular complexity index is 549. The highest BCUT2D eigenvalue weighted by Gasteiger charge is 2.21. The molecule has 112 valence electrons. The Balaban J connectivity index is 2.68. The van der Waals surface area contributed by atoms with Crippen LogP contribution in [0.25, 0.3) is 6.08 Å². The number of hydrogen-bond donors (Lipinski definition) is 2. The summed E-state index contributed by atoms with van der Waals surface area (Å²) < 4.78 is 26.3. The van der Waals surface area contributed by atoms with Gasteiger partial charge >= 0.3 is 0 Å². The van der Waals surface area contributed by atoms with Crippen LogP contribution in [0.5, 0.6) is 0 Å². The summed E-state index contributed by atoms with van der Waals surface area (Å²) >= 11 is 5.77. The maximum absolute atomic E-state index is 11.9. The van der Waals surface area contributed by atoms with Crippen LogP contribution in [-0.4, -0.2) is 20.5 Å². The topological polar surface area (TPSA) is 72.2 Å². The van der Waals surface area contributed by atoms with E-state index in [1.165, 1.54) is 6.08 Å². The summed E-state index contributed by atoms with van der Waals surface area (Å²) in [6.45, 7) is 4.12. The van der Waals surface area contributed by atoms with E-state index in [2.05, 4.69) is 4.72 Å². The molecule has 20 heavy (non-hydrogen) atoms. The highest BCUT2D eigenvalue weighted by Crippen LogP contribution is 2.12. The molecule has 1 rings (SSSR count). The molecule has 1 aromatic rings. The van der Waals surface area contributed by atoms with Gasteiger partial charge in [0.05, 0.1) is 0 Å². The highest BCUT2D eigenvalue weighted by molar-refractivity contribution is 7.92. The molecule has 0 aliphatic heterocycles. The Morgan fingerprint density at radius 3 is 2.30 bits per heavy atom. The minimum atomic E-state index is -3.49. The lowest BCUT2D eigenvalue weighted by Gasteiger charge is -2.26. The zero-order valence-electron chi connectivity index (χ0n) is 11.8. The van der Waals surface area contributed by atoms with Crippen LogP contribution in [0, 0.1) is 0 Å². The van der Waals surface area contributed by atoms with Crippen molar-refractivity contribution in [1.82, 2.24) is 4.72 Å². The van der Waals surface area contributed by atoms with Crippen LogP contribution in [0.1, 0.15) is 32.3 Å². The smallest absolute Gasteiger partial charge is 0.233 e. The zero-order chi connectivity index (χ0) is 15.2. The molecule has 0 spiro atoms. The first-order valence-corrected chi connectivity index (χ1v) is 8.45. The third-order valence-electron chi connectivity index (χ3n) is 3.34. The molecule has 0 aliphatic rings. The summed E-state index contributed by atoms with van der Waals surface area (Å²) in [6.07, 6.45) is 2.95. The second-order valence-corrected chi connectivity index (χ2v) is 6.88. The standard InChI is InChI=1S/C14H21ClN2O2S/c1-3-14(16,4-2)11-17-20(18,19)10-9-12-5-7-13(15)8-6-12/h5-10,17H,3-4,11,16H2,1-2H3/b10-9+. The van der Waals surface area contributed by atoms with Gasteiger partial charge in [0, 0.05) is 22.5 Å². The molecule has 1 aromatic carbocycles. The predicted octanol–water partition coefficient (Wildman–Crippen LogP) is 2.75. The van der Waals surface area contributed by atoms with Crippen LogP contribution < -0.4 is 10.5 Å². The predicted molar refractivity (Wildman–Crippen MR) is 84.9 cm³/mol. The fourth-order valence-corrected chi connectivity index (χ4v) is 2.58. The third-order valence-corrected chi connectivity index (χ3v) is 4.64. The minimum Gasteiger partial charge on any atom is -0.324 e. The molecule has 4 nitrogen and oxygen atoms in total. The van der Waals surface area contributed by atoms with Gasteiger partial charge in [-0.25, -0.2) is 13.1 Å². The zero-order valence-corrected chi connectivity index (χ0v) is 13.3. The van der Waals surface area contributed by atoms with E-state index < -0.39 is 15.6 Å². The van der Waals surface area contributed by atoms with Crippen molar-refractivity contribution in [2.75, 3.05) is 6.54 Å². The van der Waals surface area contributed by atoms with Gasteiger partial charge < -0.3 is 5.73 Å². The Morgan fingerprint density at radius 1 is 1.25 bits per heavy atom. The summed E-state index contributed by atoms with van der Waals surface area (Å²) in [4.78, 5) is 0. The molecule has 0 heterocycles. The first kappa shape index (κ1) is 17.2. The van der Waals surface area contributed by atoms with E-state index in [9.17, 15) is 8.42 Å². The van der Waals surface area contributed by atoms with Gasteiger partial charge in [-0.2, -0.15) is 0 Å². The SMILES string of the molecule is CCC(N)(CC)CNS(=O)(=O)/C=C/c1ccc(Cl)cc1. The second-order valence-electron chi connectivity index (χ2n) is 4.79. The first-order valence-electron chi connectivity index (χ1n) is 6.52. The van der Waals surface area contributed by atoms with E-state index in [0.29, 0.717) is 17.9 Å². The summed E-state index contributed by atoms with van der Waals surface area (Å²) in [7, 11) is -3.49. The number of sulfonamides is 1. The van der Waals surface area contributed by atoms with Gasteiger partial charge in [0.2, 0.25) is 10.0 Å². The number of hydrogen-bond acceptors (Lipinski definition) is 3. The van der Waals surface area contributed by atoms with Gasteiger partial charge in [0.1, 0.15) is 0 Å². The molecule has 0 aromatic heterocycles. The van der Waals surface area contributed by atoms with Crippen molar-refractivity contribution in [1.29, 1.82) is 0 Å². The normalized spacial score (nSPS) is 13.0. The van der Waals surface area contributed by atoms with Gasteiger partial charge in [-0.1, -0.05) is 37.6 Å². The number of nitrogens with two attached hydrogens (primary N) is 1. The fraction of sp³-hybridized carbons (Fsp3) is 0.429. The Kier molecular flexibility index (Phi) is 6.20. The molecular formula is C14H21ClN2O2S. The Labute approximate surface area is 126 Å². The van der Waals surface area contributed by atoms with E-state index >= 15 is 0 Å². The highest BCUT2D eigenvalue weighted by atomic mass is 35.5. The molecular weight excluding hydrogens is 296 g/mol. The lowest BCUT2D eigenvalue weighted by atomic mass is 9.95. The molecule has 6 heteroatoms. The van der Waals surface area contributed by atoms with E-state index in [4.69, 9.17) is 17.3 Å². The van der Waals surface area contributed by atoms with Crippen molar-refractivity contribution in [2.45, 2.75) is 32.2 Å². The lowest BCUT2D eigenvalue weighted by Crippen LogP contribution is -2.48. The lowest BCUT2D eigenvalue weighted by molar-refractivity contribution is 0.392. The quantitative estimate of drug-likeness (QED) is 0.812.